The van der Waals surface area contributed by atoms with Crippen LogP contribution in [0.3, 0.4) is 0 Å². The van der Waals surface area contributed by atoms with E-state index in [2.05, 4.69) is 0 Å². The third-order valence-corrected chi connectivity index (χ3v) is 1.77. The minimum Gasteiger partial charge on any atom is -0.481 e. The Labute approximate surface area is 75.1 Å². The van der Waals surface area contributed by atoms with Crippen LogP contribution < -0.4 is 5.84 Å². The highest BCUT2D eigenvalue weighted by molar-refractivity contribution is 5.66. The lowest BCUT2D eigenvalue weighted by atomic mass is 10.1. The number of hydroxylamine groups is 1. The van der Waals surface area contributed by atoms with E-state index in [1.807, 2.05) is 0 Å². The molecule has 0 spiro atoms. The number of carboxylic acid groups (broad SMARTS) is 1. The monoisotopic (exact) mass is 188 g/mol. The predicted octanol–water partition coefficient (Wildman–Crippen LogP) is -0.435. The van der Waals surface area contributed by atoms with Gasteiger partial charge in [0.25, 0.3) is 0 Å². The summed E-state index contributed by atoms with van der Waals surface area (Å²) in [5, 5.41) is 18.9. The number of carbonyl (C=O) groups is 1. The summed E-state index contributed by atoms with van der Waals surface area (Å²) in [7, 11) is 0. The third kappa shape index (κ3) is 2.18. The standard InChI is InChI=1S/C7H12N2O4/c1-5-4-7(12,9(8)13-5)3-2-6(10)11/h4,12H,2-3,8H2,1H3,(H,10,11). The maximum absolute atomic E-state index is 10.3. The fraction of sp³-hybridized carbons (Fsp3) is 0.571. The number of hydrazine groups is 1. The molecular weight excluding hydrogens is 176 g/mol. The lowest BCUT2D eigenvalue weighted by molar-refractivity contribution is -0.233. The van der Waals surface area contributed by atoms with E-state index in [4.69, 9.17) is 15.8 Å². The number of hydrogen-bond acceptors (Lipinski definition) is 5. The van der Waals surface area contributed by atoms with Gasteiger partial charge < -0.3 is 15.1 Å². The molecule has 1 aliphatic heterocycles. The van der Waals surface area contributed by atoms with Crippen molar-refractivity contribution in [3.05, 3.63) is 11.8 Å². The number of nitrogens with zero attached hydrogens (tertiary/aromatic N) is 1. The van der Waals surface area contributed by atoms with Crippen molar-refractivity contribution in [3.8, 4) is 0 Å². The molecule has 0 aliphatic carbocycles. The summed E-state index contributed by atoms with van der Waals surface area (Å²) >= 11 is 0. The molecule has 6 nitrogen and oxygen atoms in total. The second-order valence-electron chi connectivity index (χ2n) is 2.94. The summed E-state index contributed by atoms with van der Waals surface area (Å²) in [5.74, 6) is 4.77. The summed E-state index contributed by atoms with van der Waals surface area (Å²) in [4.78, 5) is 15.1. The van der Waals surface area contributed by atoms with Gasteiger partial charge in [0.2, 0.25) is 0 Å². The molecule has 0 radical (unpaired) electrons. The minimum atomic E-state index is -1.50. The number of nitrogens with two attached hydrogens (primary N) is 1. The van der Waals surface area contributed by atoms with Gasteiger partial charge in [-0.15, -0.1) is 0 Å². The lowest BCUT2D eigenvalue weighted by Crippen LogP contribution is -2.47. The quantitative estimate of drug-likeness (QED) is 0.520. The van der Waals surface area contributed by atoms with Gasteiger partial charge in [-0.25, -0.2) is 5.84 Å². The molecule has 0 fully saturated rings. The molecule has 13 heavy (non-hydrogen) atoms. The summed E-state index contributed by atoms with van der Waals surface area (Å²) in [6.45, 7) is 1.62. The van der Waals surface area contributed by atoms with Crippen molar-refractivity contribution in [1.82, 2.24) is 5.17 Å². The van der Waals surface area contributed by atoms with Gasteiger partial charge in [0.05, 0.1) is 0 Å². The molecule has 0 saturated carbocycles. The molecule has 1 heterocycles. The maximum atomic E-state index is 10.3. The van der Waals surface area contributed by atoms with Gasteiger partial charge in [-0.1, -0.05) is 0 Å². The van der Waals surface area contributed by atoms with Gasteiger partial charge in [0, 0.05) is 18.9 Å². The van der Waals surface area contributed by atoms with Crippen molar-refractivity contribution in [2.24, 2.45) is 5.84 Å². The number of carboxylic acids is 1. The van der Waals surface area contributed by atoms with E-state index in [0.29, 0.717) is 5.76 Å². The largest absolute Gasteiger partial charge is 0.481 e. The van der Waals surface area contributed by atoms with E-state index in [1.165, 1.54) is 6.08 Å². The van der Waals surface area contributed by atoms with Crippen molar-refractivity contribution >= 4 is 5.97 Å². The Morgan fingerprint density at radius 3 is 2.85 bits per heavy atom. The highest BCUT2D eigenvalue weighted by Crippen LogP contribution is 2.26. The van der Waals surface area contributed by atoms with Gasteiger partial charge in [0.1, 0.15) is 5.76 Å². The maximum Gasteiger partial charge on any atom is 0.303 e. The van der Waals surface area contributed by atoms with E-state index in [1.54, 1.807) is 6.92 Å². The van der Waals surface area contributed by atoms with Crippen LogP contribution in [0.4, 0.5) is 0 Å². The Morgan fingerprint density at radius 1 is 1.85 bits per heavy atom. The van der Waals surface area contributed by atoms with Gasteiger partial charge in [-0.2, -0.15) is 0 Å². The number of rotatable bonds is 3. The fourth-order valence-corrected chi connectivity index (χ4v) is 1.12. The van der Waals surface area contributed by atoms with E-state index < -0.39 is 11.7 Å². The van der Waals surface area contributed by atoms with Gasteiger partial charge in [-0.3, -0.25) is 4.79 Å². The van der Waals surface area contributed by atoms with Crippen LogP contribution in [-0.2, 0) is 9.63 Å². The van der Waals surface area contributed by atoms with Crippen LogP contribution >= 0.6 is 0 Å². The molecule has 0 aromatic carbocycles. The summed E-state index contributed by atoms with van der Waals surface area (Å²) in [6.07, 6.45) is 1.21. The molecule has 1 aliphatic rings. The first-order chi connectivity index (χ1) is 5.94. The van der Waals surface area contributed by atoms with Crippen molar-refractivity contribution in [2.45, 2.75) is 25.5 Å². The van der Waals surface area contributed by atoms with Crippen LogP contribution in [0.25, 0.3) is 0 Å². The van der Waals surface area contributed by atoms with Crippen molar-refractivity contribution in [2.75, 3.05) is 0 Å². The van der Waals surface area contributed by atoms with E-state index in [0.717, 1.165) is 5.17 Å². The lowest BCUT2D eigenvalue weighted by Gasteiger charge is -2.25. The molecule has 0 bridgehead atoms. The Morgan fingerprint density at radius 2 is 2.46 bits per heavy atom. The Balaban J connectivity index is 2.60. The zero-order valence-electron chi connectivity index (χ0n) is 7.23. The summed E-state index contributed by atoms with van der Waals surface area (Å²) in [6, 6.07) is 0. The summed E-state index contributed by atoms with van der Waals surface area (Å²) in [5.41, 5.74) is -1.50. The fourth-order valence-electron chi connectivity index (χ4n) is 1.12. The molecule has 6 heteroatoms. The zero-order valence-corrected chi connectivity index (χ0v) is 7.23. The normalized spacial score (nSPS) is 28.4. The van der Waals surface area contributed by atoms with Crippen LogP contribution in [0.15, 0.2) is 11.8 Å². The zero-order chi connectivity index (χ0) is 10.1. The number of aliphatic carboxylic acids is 1. The Hall–Kier alpha value is -1.11. The second-order valence-corrected chi connectivity index (χ2v) is 2.94. The first-order valence-corrected chi connectivity index (χ1v) is 3.80. The number of aliphatic hydroxyl groups is 1. The smallest absolute Gasteiger partial charge is 0.303 e. The van der Waals surface area contributed by atoms with Gasteiger partial charge in [0.15, 0.2) is 5.72 Å². The first-order valence-electron chi connectivity index (χ1n) is 3.80. The molecule has 0 aromatic heterocycles. The first kappa shape index (κ1) is 9.97. The highest BCUT2D eigenvalue weighted by Gasteiger charge is 2.38. The van der Waals surface area contributed by atoms with Crippen LogP contribution in [0.5, 0.6) is 0 Å². The molecule has 74 valence electrons. The van der Waals surface area contributed by atoms with Gasteiger partial charge in [-0.05, 0) is 12.1 Å². The van der Waals surface area contributed by atoms with E-state index >= 15 is 0 Å². The predicted molar refractivity (Wildman–Crippen MR) is 42.7 cm³/mol. The van der Waals surface area contributed by atoms with Crippen molar-refractivity contribution < 1.29 is 19.8 Å². The average Bonchev–Trinajstić information content (AvgIpc) is 2.23. The number of allylic oxidation sites excluding steroid dienone is 1. The van der Waals surface area contributed by atoms with Crippen molar-refractivity contribution in [1.29, 1.82) is 0 Å². The summed E-state index contributed by atoms with van der Waals surface area (Å²) < 4.78 is 0. The van der Waals surface area contributed by atoms with Crippen LogP contribution in [0, 0.1) is 0 Å². The SMILES string of the molecule is CC1=CC(O)(CCC(=O)O)N(N)O1. The van der Waals surface area contributed by atoms with Crippen LogP contribution in [0.2, 0.25) is 0 Å². The molecule has 0 amide bonds. The molecule has 1 unspecified atom stereocenters. The molecular formula is C7H12N2O4. The molecule has 1 rings (SSSR count). The van der Waals surface area contributed by atoms with Crippen molar-refractivity contribution in [3.63, 3.8) is 0 Å². The molecule has 1 atom stereocenters. The van der Waals surface area contributed by atoms with Gasteiger partial charge >= 0.3 is 5.97 Å². The number of hydrogen-bond donors (Lipinski definition) is 3. The van der Waals surface area contributed by atoms with Crippen LogP contribution in [0.1, 0.15) is 19.8 Å². The Kier molecular flexibility index (Phi) is 2.55. The molecule has 4 N–H and O–H groups in total. The van der Waals surface area contributed by atoms with E-state index in [9.17, 15) is 9.90 Å². The molecule has 0 saturated heterocycles. The third-order valence-electron chi connectivity index (χ3n) is 1.77. The molecule has 0 aromatic rings. The Bertz CT molecular complexity index is 253. The second kappa shape index (κ2) is 3.33. The average molecular weight is 188 g/mol. The highest BCUT2D eigenvalue weighted by atomic mass is 16.7. The topological polar surface area (TPSA) is 96.0 Å². The minimum absolute atomic E-state index is 0.00380. The van der Waals surface area contributed by atoms with Crippen LogP contribution in [-0.4, -0.2) is 27.1 Å². The van der Waals surface area contributed by atoms with E-state index in [-0.39, 0.29) is 12.8 Å².